The molecule has 0 saturated carbocycles. The molecule has 0 aliphatic heterocycles. The molecule has 0 aromatic heterocycles. The molecule has 8 heteroatoms. The highest BCUT2D eigenvalue weighted by molar-refractivity contribution is 7.89. The Balaban J connectivity index is 2.25. The molecule has 0 unspecified atom stereocenters. The standard InChI is InChI=1S/C23H28N2O5S/c1-3-4-5-6-7-8-11-18-24(19-20-14-16-21(30-2)17-15-20)31(28,29)23-13-10-9-12-22(23)25(26)27/h9-10,12-17H,3-4,7-8,11,18-19H2,1-2H3. The number of ether oxygens (including phenoxy) is 1. The van der Waals surface area contributed by atoms with Gasteiger partial charge in [-0.2, -0.15) is 4.31 Å². The molecule has 2 aromatic rings. The van der Waals surface area contributed by atoms with Crippen molar-refractivity contribution in [3.05, 3.63) is 64.2 Å². The summed E-state index contributed by atoms with van der Waals surface area (Å²) in [6.07, 6.45) is 3.92. The Bertz CT molecular complexity index is 1020. The maximum absolute atomic E-state index is 13.4. The fraction of sp³-hybridized carbons (Fsp3) is 0.391. The normalized spacial score (nSPS) is 11.1. The van der Waals surface area contributed by atoms with E-state index in [4.69, 9.17) is 4.74 Å². The third-order valence-electron chi connectivity index (χ3n) is 4.66. The van der Waals surface area contributed by atoms with Crippen LogP contribution in [0.15, 0.2) is 53.4 Å². The molecule has 0 aliphatic carbocycles. The van der Waals surface area contributed by atoms with Crippen molar-refractivity contribution in [3.63, 3.8) is 0 Å². The molecule has 2 rings (SSSR count). The Labute approximate surface area is 184 Å². The lowest BCUT2D eigenvalue weighted by Gasteiger charge is -2.22. The molecule has 0 saturated heterocycles. The van der Waals surface area contributed by atoms with Crippen molar-refractivity contribution in [2.24, 2.45) is 0 Å². The van der Waals surface area contributed by atoms with E-state index >= 15 is 0 Å². The zero-order valence-corrected chi connectivity index (χ0v) is 18.7. The molecule has 0 fully saturated rings. The van der Waals surface area contributed by atoms with Gasteiger partial charge in [0.2, 0.25) is 10.0 Å². The number of nitro groups is 1. The van der Waals surface area contributed by atoms with Crippen LogP contribution in [0.25, 0.3) is 0 Å². The summed E-state index contributed by atoms with van der Waals surface area (Å²) in [7, 11) is -2.51. The number of nitro benzene ring substituents is 1. The van der Waals surface area contributed by atoms with Gasteiger partial charge in [-0.3, -0.25) is 10.1 Å². The molecule has 166 valence electrons. The summed E-state index contributed by atoms with van der Waals surface area (Å²) in [6, 6.07) is 12.5. The highest BCUT2D eigenvalue weighted by Gasteiger charge is 2.31. The van der Waals surface area contributed by atoms with E-state index in [1.807, 2.05) is 0 Å². The summed E-state index contributed by atoms with van der Waals surface area (Å²) in [5, 5.41) is 11.4. The maximum Gasteiger partial charge on any atom is 0.289 e. The smallest absolute Gasteiger partial charge is 0.289 e. The average molecular weight is 445 g/mol. The van der Waals surface area contributed by atoms with E-state index in [0.29, 0.717) is 18.6 Å². The van der Waals surface area contributed by atoms with E-state index in [1.54, 1.807) is 31.4 Å². The number of hydrogen-bond acceptors (Lipinski definition) is 5. The SMILES string of the molecule is CCCC#CCCCCN(Cc1ccc(OC)cc1)S(=O)(=O)c1ccccc1[N+](=O)[O-]. The third kappa shape index (κ3) is 7.09. The second kappa shape index (κ2) is 12.1. The van der Waals surface area contributed by atoms with Crippen LogP contribution in [0.1, 0.15) is 44.6 Å². The summed E-state index contributed by atoms with van der Waals surface area (Å²) < 4.78 is 33.2. The molecule has 0 amide bonds. The molecular weight excluding hydrogens is 416 g/mol. The summed E-state index contributed by atoms with van der Waals surface area (Å²) >= 11 is 0. The molecule has 0 atom stereocenters. The van der Waals surface area contributed by atoms with Crippen LogP contribution in [-0.2, 0) is 16.6 Å². The minimum absolute atomic E-state index is 0.111. The maximum atomic E-state index is 13.4. The van der Waals surface area contributed by atoms with Gasteiger partial charge in [-0.25, -0.2) is 8.42 Å². The molecule has 0 N–H and O–H groups in total. The van der Waals surface area contributed by atoms with Crippen LogP contribution in [0.2, 0.25) is 0 Å². The van der Waals surface area contributed by atoms with Gasteiger partial charge in [-0.15, -0.1) is 11.8 Å². The van der Waals surface area contributed by atoms with Gasteiger partial charge in [0.1, 0.15) is 5.75 Å². The van der Waals surface area contributed by atoms with Gasteiger partial charge in [-0.05, 0) is 43.0 Å². The van der Waals surface area contributed by atoms with Crippen molar-refractivity contribution in [1.29, 1.82) is 0 Å². The lowest BCUT2D eigenvalue weighted by atomic mass is 10.2. The monoisotopic (exact) mass is 444 g/mol. The Morgan fingerprint density at radius 1 is 1.03 bits per heavy atom. The predicted molar refractivity (Wildman–Crippen MR) is 120 cm³/mol. The van der Waals surface area contributed by atoms with Gasteiger partial charge in [0.25, 0.3) is 5.69 Å². The third-order valence-corrected chi connectivity index (χ3v) is 6.55. The Morgan fingerprint density at radius 3 is 2.35 bits per heavy atom. The topological polar surface area (TPSA) is 89.8 Å². The summed E-state index contributed by atoms with van der Waals surface area (Å²) in [4.78, 5) is 10.4. The zero-order chi connectivity index (χ0) is 22.7. The van der Waals surface area contributed by atoms with Crippen LogP contribution in [0.4, 0.5) is 5.69 Å². The molecular formula is C23H28N2O5S. The first kappa shape index (κ1) is 24.4. The number of para-hydroxylation sites is 1. The predicted octanol–water partition coefficient (Wildman–Crippen LogP) is 4.77. The minimum atomic E-state index is -4.07. The Kier molecular flexibility index (Phi) is 9.50. The first-order valence-corrected chi connectivity index (χ1v) is 11.7. The fourth-order valence-corrected chi connectivity index (χ4v) is 4.61. The van der Waals surface area contributed by atoms with E-state index in [-0.39, 0.29) is 18.0 Å². The Hall–Kier alpha value is -2.89. The van der Waals surface area contributed by atoms with Crippen molar-refractivity contribution >= 4 is 15.7 Å². The van der Waals surface area contributed by atoms with Crippen LogP contribution in [0.5, 0.6) is 5.75 Å². The number of unbranched alkanes of at least 4 members (excludes halogenated alkanes) is 3. The van der Waals surface area contributed by atoms with Crippen LogP contribution < -0.4 is 4.74 Å². The number of hydrogen-bond donors (Lipinski definition) is 0. The molecule has 0 aliphatic rings. The van der Waals surface area contributed by atoms with Crippen molar-refractivity contribution in [2.45, 2.75) is 50.5 Å². The number of benzene rings is 2. The van der Waals surface area contributed by atoms with Crippen molar-refractivity contribution in [2.75, 3.05) is 13.7 Å². The summed E-state index contributed by atoms with van der Waals surface area (Å²) in [5.74, 6) is 6.85. The van der Waals surface area contributed by atoms with Crippen LogP contribution in [-0.4, -0.2) is 31.3 Å². The van der Waals surface area contributed by atoms with Crippen LogP contribution in [0.3, 0.4) is 0 Å². The lowest BCUT2D eigenvalue weighted by molar-refractivity contribution is -0.387. The molecule has 31 heavy (non-hydrogen) atoms. The summed E-state index contributed by atoms with van der Waals surface area (Å²) in [5.41, 5.74) is 0.346. The van der Waals surface area contributed by atoms with E-state index in [1.165, 1.54) is 28.6 Å². The molecule has 0 heterocycles. The van der Waals surface area contributed by atoms with Gasteiger partial charge >= 0.3 is 0 Å². The van der Waals surface area contributed by atoms with E-state index in [9.17, 15) is 18.5 Å². The number of rotatable bonds is 11. The minimum Gasteiger partial charge on any atom is -0.497 e. The van der Waals surface area contributed by atoms with Gasteiger partial charge in [0, 0.05) is 32.0 Å². The van der Waals surface area contributed by atoms with Crippen molar-refractivity contribution in [3.8, 4) is 17.6 Å². The number of nitrogens with zero attached hydrogens (tertiary/aromatic N) is 2. The van der Waals surface area contributed by atoms with E-state index < -0.39 is 20.6 Å². The van der Waals surface area contributed by atoms with Crippen molar-refractivity contribution < 1.29 is 18.1 Å². The highest BCUT2D eigenvalue weighted by atomic mass is 32.2. The first-order chi connectivity index (χ1) is 14.9. The summed E-state index contributed by atoms with van der Waals surface area (Å²) in [6.45, 7) is 2.43. The molecule has 0 bridgehead atoms. The molecule has 0 spiro atoms. The second-order valence-corrected chi connectivity index (χ2v) is 8.88. The van der Waals surface area contributed by atoms with Gasteiger partial charge in [0.05, 0.1) is 12.0 Å². The van der Waals surface area contributed by atoms with Gasteiger partial charge in [-0.1, -0.05) is 31.2 Å². The molecule has 7 nitrogen and oxygen atoms in total. The van der Waals surface area contributed by atoms with Gasteiger partial charge in [0.15, 0.2) is 4.90 Å². The van der Waals surface area contributed by atoms with E-state index in [2.05, 4.69) is 18.8 Å². The highest BCUT2D eigenvalue weighted by Crippen LogP contribution is 2.28. The lowest BCUT2D eigenvalue weighted by Crippen LogP contribution is -2.32. The average Bonchev–Trinajstić information content (AvgIpc) is 2.78. The zero-order valence-electron chi connectivity index (χ0n) is 17.9. The fourth-order valence-electron chi connectivity index (χ4n) is 2.99. The van der Waals surface area contributed by atoms with E-state index in [0.717, 1.165) is 24.8 Å². The Morgan fingerprint density at radius 2 is 1.71 bits per heavy atom. The quantitative estimate of drug-likeness (QED) is 0.216. The molecule has 2 aromatic carbocycles. The van der Waals surface area contributed by atoms with Crippen LogP contribution in [0, 0.1) is 22.0 Å². The molecule has 0 radical (unpaired) electrons. The van der Waals surface area contributed by atoms with Gasteiger partial charge < -0.3 is 4.74 Å². The van der Waals surface area contributed by atoms with Crippen molar-refractivity contribution in [1.82, 2.24) is 4.31 Å². The number of sulfonamides is 1. The largest absolute Gasteiger partial charge is 0.497 e. The first-order valence-electron chi connectivity index (χ1n) is 10.2. The number of methoxy groups -OCH3 is 1. The second-order valence-electron chi connectivity index (χ2n) is 6.97. The van der Waals surface area contributed by atoms with Crippen LogP contribution >= 0.6 is 0 Å².